The van der Waals surface area contributed by atoms with Crippen LogP contribution in [0.5, 0.6) is 0 Å². The molecule has 0 saturated heterocycles. The summed E-state index contributed by atoms with van der Waals surface area (Å²) in [5.41, 5.74) is 7.67. The standard InChI is InChI=1S/C30H34N10/c1-18(16-31-23-12-8-6-9-13-23)27-33-29-25(21(4)35-39(29)37-27)20(3)26-22(5)36-40-30(26)34-28(38-40)19(2)17-32-24-14-10-7-11-15-24/h6-15,18-19,31-32,35H,16-17H2,1-5H3. The highest BCUT2D eigenvalue weighted by molar-refractivity contribution is 5.78. The molecule has 2 atom stereocenters. The number of nitrogens with one attached hydrogen (secondary N) is 3. The van der Waals surface area contributed by atoms with Gasteiger partial charge in [0.25, 0.3) is 0 Å². The van der Waals surface area contributed by atoms with Crippen LogP contribution in [0, 0.1) is 13.8 Å². The maximum atomic E-state index is 4.96. The van der Waals surface area contributed by atoms with Gasteiger partial charge in [-0.15, -0.1) is 14.8 Å². The second-order valence-corrected chi connectivity index (χ2v) is 10.5. The van der Waals surface area contributed by atoms with Gasteiger partial charge in [0.05, 0.1) is 5.69 Å². The Labute approximate surface area is 232 Å². The molecule has 0 bridgehead atoms. The van der Waals surface area contributed by atoms with Crippen molar-refractivity contribution >= 4 is 28.2 Å². The fraction of sp³-hybridized carbons (Fsp3) is 0.300. The van der Waals surface area contributed by atoms with E-state index >= 15 is 0 Å². The average molecular weight is 535 g/mol. The normalized spacial score (nSPS) is 14.0. The van der Waals surface area contributed by atoms with Crippen molar-refractivity contribution in [2.24, 2.45) is 0 Å². The van der Waals surface area contributed by atoms with Gasteiger partial charge in [0.1, 0.15) is 0 Å². The molecular weight excluding hydrogens is 500 g/mol. The van der Waals surface area contributed by atoms with Gasteiger partial charge in [0, 0.05) is 52.8 Å². The second-order valence-electron chi connectivity index (χ2n) is 10.5. The lowest BCUT2D eigenvalue weighted by Crippen LogP contribution is -2.13. The van der Waals surface area contributed by atoms with Crippen LogP contribution in [0.4, 0.5) is 11.4 Å². The number of hydrogen-bond donors (Lipinski definition) is 3. The van der Waals surface area contributed by atoms with E-state index in [0.29, 0.717) is 0 Å². The van der Waals surface area contributed by atoms with Crippen molar-refractivity contribution in [3.05, 3.63) is 94.5 Å². The van der Waals surface area contributed by atoms with E-state index in [9.17, 15) is 0 Å². The quantitative estimate of drug-likeness (QED) is 0.251. The summed E-state index contributed by atoms with van der Waals surface area (Å²) in [6, 6.07) is 20.4. The molecule has 4 aromatic heterocycles. The van der Waals surface area contributed by atoms with E-state index in [2.05, 4.69) is 60.8 Å². The molecule has 2 unspecified atom stereocenters. The molecule has 0 aliphatic rings. The maximum Gasteiger partial charge on any atom is 0.185 e. The van der Waals surface area contributed by atoms with E-state index in [1.54, 1.807) is 9.26 Å². The molecule has 10 nitrogen and oxygen atoms in total. The molecule has 6 rings (SSSR count). The topological polar surface area (TPSA) is 113 Å². The summed E-state index contributed by atoms with van der Waals surface area (Å²) in [5.74, 6) is 1.79. The van der Waals surface area contributed by atoms with Gasteiger partial charge in [-0.2, -0.15) is 9.73 Å². The Bertz CT molecular complexity index is 1810. The summed E-state index contributed by atoms with van der Waals surface area (Å²) in [4.78, 5) is 9.90. The zero-order chi connectivity index (χ0) is 27.8. The summed E-state index contributed by atoms with van der Waals surface area (Å²) in [7, 11) is 0. The lowest BCUT2D eigenvalue weighted by atomic mass is 10.1. The fourth-order valence-corrected chi connectivity index (χ4v) is 5.12. The summed E-state index contributed by atoms with van der Waals surface area (Å²) in [5, 5.41) is 25.5. The lowest BCUT2D eigenvalue weighted by Gasteiger charge is -2.10. The molecule has 0 aliphatic carbocycles. The first-order valence-corrected chi connectivity index (χ1v) is 13.7. The molecule has 204 valence electrons. The number of aromatic amines is 1. The van der Waals surface area contributed by atoms with Gasteiger partial charge in [-0.3, -0.25) is 5.10 Å². The van der Waals surface area contributed by atoms with Crippen LogP contribution in [-0.4, -0.2) is 52.7 Å². The van der Waals surface area contributed by atoms with E-state index in [4.69, 9.17) is 25.3 Å². The number of rotatable bonds is 9. The number of benzene rings is 2. The van der Waals surface area contributed by atoms with Crippen molar-refractivity contribution < 1.29 is 0 Å². The molecular formula is C30H34N10. The highest BCUT2D eigenvalue weighted by atomic mass is 15.5. The minimum atomic E-state index is 0.112. The first kappa shape index (κ1) is 25.5. The van der Waals surface area contributed by atoms with Crippen LogP contribution < -0.4 is 15.9 Å². The van der Waals surface area contributed by atoms with Crippen molar-refractivity contribution in [2.45, 2.75) is 46.5 Å². The van der Waals surface area contributed by atoms with Crippen LogP contribution in [-0.2, 0) is 0 Å². The highest BCUT2D eigenvalue weighted by Gasteiger charge is 2.22. The number of fused-ring (bicyclic) bond motifs is 2. The van der Waals surface area contributed by atoms with E-state index < -0.39 is 0 Å². The lowest BCUT2D eigenvalue weighted by molar-refractivity contribution is 0.702. The zero-order valence-electron chi connectivity index (χ0n) is 23.5. The molecule has 4 heterocycles. The first-order chi connectivity index (χ1) is 19.4. The first-order valence-electron chi connectivity index (χ1n) is 13.7. The van der Waals surface area contributed by atoms with Gasteiger partial charge in [-0.1, -0.05) is 50.2 Å². The Balaban J connectivity index is 1.30. The summed E-state index contributed by atoms with van der Waals surface area (Å²) < 4.78 is 3.44. The van der Waals surface area contributed by atoms with E-state index in [1.165, 1.54) is 0 Å². The molecule has 40 heavy (non-hydrogen) atoms. The Kier molecular flexibility index (Phi) is 6.67. The summed E-state index contributed by atoms with van der Waals surface area (Å²) in [6.45, 7) is 11.9. The Morgan fingerprint density at radius 1 is 0.775 bits per heavy atom. The van der Waals surface area contributed by atoms with E-state index in [1.807, 2.05) is 50.2 Å². The molecule has 0 saturated carbocycles. The third-order valence-electron chi connectivity index (χ3n) is 7.34. The zero-order valence-corrected chi connectivity index (χ0v) is 23.5. The van der Waals surface area contributed by atoms with E-state index in [-0.39, 0.29) is 11.8 Å². The molecule has 6 aromatic rings. The molecule has 0 amide bonds. The van der Waals surface area contributed by atoms with Crippen molar-refractivity contribution in [3.8, 4) is 0 Å². The van der Waals surface area contributed by atoms with Gasteiger partial charge in [-0.05, 0) is 50.6 Å². The van der Waals surface area contributed by atoms with Crippen LogP contribution in [0.15, 0.2) is 60.7 Å². The minimum Gasteiger partial charge on any atom is -0.384 e. The SMILES string of the molecule is CC(c1c(C)[nH]n2nc(C(C)CNc3ccccc3)nc12)=c1c(C)nn2nc(C(C)CNc3ccccc3)nc12. The van der Waals surface area contributed by atoms with Gasteiger partial charge in [0.15, 0.2) is 22.9 Å². The number of aromatic nitrogens is 8. The number of anilines is 2. The number of H-pyrrole nitrogens is 1. The molecule has 0 aliphatic heterocycles. The molecule has 0 fully saturated rings. The van der Waals surface area contributed by atoms with Gasteiger partial charge in [0.2, 0.25) is 0 Å². The monoisotopic (exact) mass is 534 g/mol. The van der Waals surface area contributed by atoms with Crippen LogP contribution in [0.25, 0.3) is 16.9 Å². The second kappa shape index (κ2) is 10.4. The summed E-state index contributed by atoms with van der Waals surface area (Å²) in [6.07, 6.45) is 0. The van der Waals surface area contributed by atoms with Crippen molar-refractivity contribution in [1.82, 2.24) is 39.6 Å². The summed E-state index contributed by atoms with van der Waals surface area (Å²) >= 11 is 0. The third kappa shape index (κ3) is 4.76. The minimum absolute atomic E-state index is 0.112. The molecule has 0 spiro atoms. The fourth-order valence-electron chi connectivity index (χ4n) is 5.12. The van der Waals surface area contributed by atoms with Crippen LogP contribution in [0.1, 0.15) is 61.2 Å². The number of para-hydroxylation sites is 2. The van der Waals surface area contributed by atoms with Crippen molar-refractivity contribution in [2.75, 3.05) is 23.7 Å². The molecule has 10 heteroatoms. The van der Waals surface area contributed by atoms with Crippen molar-refractivity contribution in [1.29, 1.82) is 0 Å². The van der Waals surface area contributed by atoms with Crippen molar-refractivity contribution in [3.63, 3.8) is 0 Å². The Morgan fingerprint density at radius 3 is 1.93 bits per heavy atom. The van der Waals surface area contributed by atoms with E-state index in [0.717, 1.165) is 75.2 Å². The van der Waals surface area contributed by atoms with Gasteiger partial charge >= 0.3 is 0 Å². The Morgan fingerprint density at radius 2 is 1.32 bits per heavy atom. The predicted octanol–water partition coefficient (Wildman–Crippen LogP) is 4.48. The number of aryl methyl sites for hydroxylation is 2. The smallest absolute Gasteiger partial charge is 0.185 e. The average Bonchev–Trinajstić information content (AvgIpc) is 3.70. The molecule has 2 aromatic carbocycles. The largest absolute Gasteiger partial charge is 0.384 e. The Hall–Kier alpha value is -4.73. The van der Waals surface area contributed by atoms with Gasteiger partial charge < -0.3 is 10.6 Å². The number of nitrogens with zero attached hydrogens (tertiary/aromatic N) is 7. The van der Waals surface area contributed by atoms with Gasteiger partial charge in [-0.25, -0.2) is 9.97 Å². The predicted molar refractivity (Wildman–Crippen MR) is 158 cm³/mol. The molecule has 3 N–H and O–H groups in total. The number of hydrogen-bond acceptors (Lipinski definition) is 7. The third-order valence-corrected chi connectivity index (χ3v) is 7.34. The van der Waals surface area contributed by atoms with Crippen LogP contribution >= 0.6 is 0 Å². The maximum absolute atomic E-state index is 4.96. The molecule has 0 radical (unpaired) electrons. The highest BCUT2D eigenvalue weighted by Crippen LogP contribution is 2.24. The van der Waals surface area contributed by atoms with Crippen LogP contribution in [0.2, 0.25) is 0 Å². The van der Waals surface area contributed by atoms with Crippen LogP contribution in [0.3, 0.4) is 0 Å².